The van der Waals surface area contributed by atoms with Gasteiger partial charge in [-0.25, -0.2) is 0 Å². The molecule has 3 amide bonds. The van der Waals surface area contributed by atoms with E-state index in [-0.39, 0.29) is 29.8 Å². The molecule has 8 heteroatoms. The first-order valence-electron chi connectivity index (χ1n) is 6.64. The third-order valence-electron chi connectivity index (χ3n) is 2.45. The second-order valence-corrected chi connectivity index (χ2v) is 6.25. The number of amides is 3. The van der Waals surface area contributed by atoms with Crippen LogP contribution in [0, 0.1) is 0 Å². The standard InChI is InChI=1S/C14H18ClN3O3S/c1-8(2)18-14(21)22-11-4-3-9(15)7-10(11)13(20)17-6-5-12(16)19/h3-4,7-8H,5-6H2,1-2H3,(H2,16,19)(H,17,20)(H,18,21). The molecule has 120 valence electrons. The maximum absolute atomic E-state index is 12.1. The van der Waals surface area contributed by atoms with Gasteiger partial charge in [-0.15, -0.1) is 0 Å². The molecule has 0 radical (unpaired) electrons. The third-order valence-corrected chi connectivity index (χ3v) is 3.57. The number of carbonyl (C=O) groups is 3. The fraction of sp³-hybridized carbons (Fsp3) is 0.357. The van der Waals surface area contributed by atoms with Crippen LogP contribution in [0.15, 0.2) is 23.1 Å². The second kappa shape index (κ2) is 8.65. The summed E-state index contributed by atoms with van der Waals surface area (Å²) in [6.45, 7) is 3.82. The number of halogens is 1. The quantitative estimate of drug-likeness (QED) is 0.689. The summed E-state index contributed by atoms with van der Waals surface area (Å²) < 4.78 is 0. The summed E-state index contributed by atoms with van der Waals surface area (Å²) in [6.07, 6.45) is 0.0443. The van der Waals surface area contributed by atoms with E-state index in [2.05, 4.69) is 10.6 Å². The maximum Gasteiger partial charge on any atom is 0.284 e. The Morgan fingerprint density at radius 2 is 2.00 bits per heavy atom. The van der Waals surface area contributed by atoms with Gasteiger partial charge in [-0.1, -0.05) is 11.6 Å². The van der Waals surface area contributed by atoms with Crippen molar-refractivity contribution in [1.82, 2.24) is 10.6 Å². The van der Waals surface area contributed by atoms with Crippen molar-refractivity contribution in [2.75, 3.05) is 6.54 Å². The van der Waals surface area contributed by atoms with E-state index in [1.54, 1.807) is 12.1 Å². The molecular weight excluding hydrogens is 326 g/mol. The van der Waals surface area contributed by atoms with E-state index in [1.165, 1.54) is 6.07 Å². The Bertz CT molecular complexity index is 578. The molecule has 0 heterocycles. The molecular formula is C14H18ClN3O3S. The van der Waals surface area contributed by atoms with E-state index in [4.69, 9.17) is 17.3 Å². The summed E-state index contributed by atoms with van der Waals surface area (Å²) >= 11 is 6.82. The van der Waals surface area contributed by atoms with Gasteiger partial charge in [0.15, 0.2) is 0 Å². The first-order valence-corrected chi connectivity index (χ1v) is 7.83. The predicted molar refractivity (Wildman–Crippen MR) is 87.1 cm³/mol. The van der Waals surface area contributed by atoms with E-state index in [0.29, 0.717) is 9.92 Å². The average molecular weight is 344 g/mol. The van der Waals surface area contributed by atoms with E-state index >= 15 is 0 Å². The topological polar surface area (TPSA) is 101 Å². The van der Waals surface area contributed by atoms with Crippen molar-refractivity contribution in [2.45, 2.75) is 31.2 Å². The molecule has 6 nitrogen and oxygen atoms in total. The van der Waals surface area contributed by atoms with Crippen LogP contribution in [0.4, 0.5) is 4.79 Å². The first kappa shape index (κ1) is 18.3. The fourth-order valence-corrected chi connectivity index (χ4v) is 2.59. The van der Waals surface area contributed by atoms with Crippen LogP contribution in [-0.4, -0.2) is 29.6 Å². The Morgan fingerprint density at radius 1 is 1.32 bits per heavy atom. The molecule has 0 aliphatic carbocycles. The van der Waals surface area contributed by atoms with Crippen molar-refractivity contribution in [2.24, 2.45) is 5.73 Å². The monoisotopic (exact) mass is 343 g/mol. The van der Waals surface area contributed by atoms with Crippen LogP contribution >= 0.6 is 23.4 Å². The van der Waals surface area contributed by atoms with Gasteiger partial charge in [-0.3, -0.25) is 14.4 Å². The normalized spacial score (nSPS) is 10.4. The van der Waals surface area contributed by atoms with Crippen molar-refractivity contribution in [3.05, 3.63) is 28.8 Å². The van der Waals surface area contributed by atoms with Crippen molar-refractivity contribution >= 4 is 40.4 Å². The highest BCUT2D eigenvalue weighted by molar-refractivity contribution is 8.13. The molecule has 1 aromatic rings. The zero-order valence-corrected chi connectivity index (χ0v) is 13.9. The molecule has 22 heavy (non-hydrogen) atoms. The van der Waals surface area contributed by atoms with Gasteiger partial charge in [0.25, 0.3) is 11.1 Å². The number of thioether (sulfide) groups is 1. The van der Waals surface area contributed by atoms with Gasteiger partial charge in [-0.05, 0) is 43.8 Å². The van der Waals surface area contributed by atoms with Crippen LogP contribution in [0.3, 0.4) is 0 Å². The highest BCUT2D eigenvalue weighted by Crippen LogP contribution is 2.26. The first-order chi connectivity index (χ1) is 10.3. The molecule has 0 saturated heterocycles. The van der Waals surface area contributed by atoms with Crippen LogP contribution in [0.2, 0.25) is 5.02 Å². The van der Waals surface area contributed by atoms with Crippen molar-refractivity contribution in [3.8, 4) is 0 Å². The lowest BCUT2D eigenvalue weighted by atomic mass is 10.2. The molecule has 0 aliphatic heterocycles. The zero-order chi connectivity index (χ0) is 16.7. The minimum Gasteiger partial charge on any atom is -0.370 e. The number of benzene rings is 1. The highest BCUT2D eigenvalue weighted by Gasteiger charge is 2.16. The van der Waals surface area contributed by atoms with Crippen LogP contribution < -0.4 is 16.4 Å². The lowest BCUT2D eigenvalue weighted by molar-refractivity contribution is -0.117. The number of nitrogens with two attached hydrogens (primary N) is 1. The van der Waals surface area contributed by atoms with E-state index < -0.39 is 11.8 Å². The number of hydrogen-bond donors (Lipinski definition) is 3. The number of nitrogens with one attached hydrogen (secondary N) is 2. The van der Waals surface area contributed by atoms with Crippen molar-refractivity contribution in [1.29, 1.82) is 0 Å². The Balaban J connectivity index is 2.83. The number of primary amides is 1. The molecule has 4 N–H and O–H groups in total. The number of carbonyl (C=O) groups excluding carboxylic acids is 3. The van der Waals surface area contributed by atoms with Crippen molar-refractivity contribution < 1.29 is 14.4 Å². The zero-order valence-electron chi connectivity index (χ0n) is 12.3. The summed E-state index contributed by atoms with van der Waals surface area (Å²) in [5, 5.41) is 5.42. The van der Waals surface area contributed by atoms with Gasteiger partial charge in [0.05, 0.1) is 5.56 Å². The number of hydrogen-bond acceptors (Lipinski definition) is 4. The third kappa shape index (κ3) is 6.36. The Morgan fingerprint density at radius 3 is 2.59 bits per heavy atom. The molecule has 0 aromatic heterocycles. The maximum atomic E-state index is 12.1. The van der Waals surface area contributed by atoms with Crippen LogP contribution in [0.25, 0.3) is 0 Å². The Labute approximate surface area is 138 Å². The van der Waals surface area contributed by atoms with Gasteiger partial charge < -0.3 is 16.4 Å². The largest absolute Gasteiger partial charge is 0.370 e. The van der Waals surface area contributed by atoms with E-state index in [1.807, 2.05) is 13.8 Å². The summed E-state index contributed by atoms with van der Waals surface area (Å²) in [5.41, 5.74) is 5.29. The smallest absolute Gasteiger partial charge is 0.284 e. The minimum absolute atomic E-state index is 0.000133. The number of rotatable bonds is 6. The summed E-state index contributed by atoms with van der Waals surface area (Å²) in [7, 11) is 0. The summed E-state index contributed by atoms with van der Waals surface area (Å²) in [5.74, 6) is -0.916. The second-order valence-electron chi connectivity index (χ2n) is 4.80. The van der Waals surface area contributed by atoms with Gasteiger partial charge in [-0.2, -0.15) is 0 Å². The molecule has 0 saturated carbocycles. The van der Waals surface area contributed by atoms with Gasteiger partial charge in [0.2, 0.25) is 5.91 Å². The van der Waals surface area contributed by atoms with Crippen molar-refractivity contribution in [3.63, 3.8) is 0 Å². The van der Waals surface area contributed by atoms with E-state index in [0.717, 1.165) is 11.8 Å². The summed E-state index contributed by atoms with van der Waals surface area (Å²) in [6, 6.07) is 4.69. The van der Waals surface area contributed by atoms with Crippen LogP contribution in [0.5, 0.6) is 0 Å². The highest BCUT2D eigenvalue weighted by atomic mass is 35.5. The summed E-state index contributed by atoms with van der Waals surface area (Å²) in [4.78, 5) is 35.1. The molecule has 0 bridgehead atoms. The molecule has 1 rings (SSSR count). The predicted octanol–water partition coefficient (Wildman–Crippen LogP) is 2.16. The molecule has 1 aromatic carbocycles. The van der Waals surface area contributed by atoms with Gasteiger partial charge in [0, 0.05) is 28.9 Å². The SMILES string of the molecule is CC(C)NC(=O)Sc1ccc(Cl)cc1C(=O)NCCC(N)=O. The van der Waals surface area contributed by atoms with Crippen LogP contribution in [0.1, 0.15) is 30.6 Å². The average Bonchev–Trinajstić information content (AvgIpc) is 2.39. The lowest BCUT2D eigenvalue weighted by Crippen LogP contribution is -2.29. The molecule has 0 atom stereocenters. The Kier molecular flexibility index (Phi) is 7.20. The minimum atomic E-state index is -0.502. The molecule has 0 aliphatic rings. The van der Waals surface area contributed by atoms with Gasteiger partial charge >= 0.3 is 0 Å². The lowest BCUT2D eigenvalue weighted by Gasteiger charge is -2.11. The molecule has 0 unspecified atom stereocenters. The molecule has 0 spiro atoms. The Hall–Kier alpha value is -1.73. The van der Waals surface area contributed by atoms with Gasteiger partial charge in [0.1, 0.15) is 0 Å². The van der Waals surface area contributed by atoms with Crippen LogP contribution in [-0.2, 0) is 4.79 Å². The van der Waals surface area contributed by atoms with E-state index in [9.17, 15) is 14.4 Å². The molecule has 0 fully saturated rings. The fourth-order valence-electron chi connectivity index (χ4n) is 1.53.